The topological polar surface area (TPSA) is 73.5 Å². The first-order valence-corrected chi connectivity index (χ1v) is 9.23. The lowest BCUT2D eigenvalue weighted by atomic mass is 10.1. The average molecular weight is 389 g/mol. The predicted octanol–water partition coefficient (Wildman–Crippen LogP) is 3.87. The van der Waals surface area contributed by atoms with E-state index in [0.29, 0.717) is 24.7 Å². The molecule has 2 rings (SSSR count). The maximum absolute atomic E-state index is 12.1. The van der Waals surface area contributed by atoms with Crippen LogP contribution in [0.15, 0.2) is 48.5 Å². The number of hydrogen-bond donors (Lipinski definition) is 3. The molecule has 0 bridgehead atoms. The second-order valence-corrected chi connectivity index (χ2v) is 6.51. The number of carbonyl (C=O) groups is 2. The van der Waals surface area contributed by atoms with Crippen LogP contribution in [0.3, 0.4) is 0 Å². The van der Waals surface area contributed by atoms with E-state index in [1.54, 1.807) is 13.1 Å². The maximum Gasteiger partial charge on any atom is 0.319 e. The molecule has 27 heavy (non-hydrogen) atoms. The summed E-state index contributed by atoms with van der Waals surface area (Å²) in [6.45, 7) is 3.16. The molecule has 0 atom stereocenters. The van der Waals surface area contributed by atoms with Crippen molar-refractivity contribution in [2.45, 2.75) is 19.9 Å². The standard InChI is InChI=1S/C20H25ClN4O2/c1-3-15-8-10-17(11-9-15)24-19(26)22-12-13-25(2)20(27)23-14-16-6-4-5-7-18(16)21/h4-11H,3,12-14H2,1-2H3,(H,23,27)(H2,22,24,26). The van der Waals surface area contributed by atoms with Gasteiger partial charge >= 0.3 is 12.1 Å². The number of anilines is 1. The van der Waals surface area contributed by atoms with E-state index in [1.807, 2.05) is 42.5 Å². The van der Waals surface area contributed by atoms with Gasteiger partial charge in [0.1, 0.15) is 0 Å². The first-order chi connectivity index (χ1) is 13.0. The van der Waals surface area contributed by atoms with Crippen LogP contribution in [-0.2, 0) is 13.0 Å². The highest BCUT2D eigenvalue weighted by Crippen LogP contribution is 2.14. The van der Waals surface area contributed by atoms with Crippen LogP contribution >= 0.6 is 11.6 Å². The molecule has 0 heterocycles. The quantitative estimate of drug-likeness (QED) is 0.673. The largest absolute Gasteiger partial charge is 0.336 e. The van der Waals surface area contributed by atoms with Crippen molar-refractivity contribution >= 4 is 29.4 Å². The second-order valence-electron chi connectivity index (χ2n) is 6.10. The fourth-order valence-corrected chi connectivity index (χ4v) is 2.59. The Hall–Kier alpha value is -2.73. The molecule has 7 heteroatoms. The number of aryl methyl sites for hydroxylation is 1. The van der Waals surface area contributed by atoms with E-state index in [2.05, 4.69) is 22.9 Å². The molecule has 0 fully saturated rings. The predicted molar refractivity (Wildman–Crippen MR) is 109 cm³/mol. The smallest absolute Gasteiger partial charge is 0.319 e. The number of hydrogen-bond acceptors (Lipinski definition) is 2. The van der Waals surface area contributed by atoms with Crippen LogP contribution < -0.4 is 16.0 Å². The highest BCUT2D eigenvalue weighted by Gasteiger charge is 2.09. The lowest BCUT2D eigenvalue weighted by Gasteiger charge is -2.18. The number of nitrogens with one attached hydrogen (secondary N) is 3. The number of amides is 4. The van der Waals surface area contributed by atoms with E-state index < -0.39 is 0 Å². The molecule has 0 spiro atoms. The van der Waals surface area contributed by atoms with E-state index >= 15 is 0 Å². The highest BCUT2D eigenvalue weighted by molar-refractivity contribution is 6.31. The molecule has 0 aliphatic carbocycles. The molecule has 0 saturated carbocycles. The normalized spacial score (nSPS) is 10.2. The van der Waals surface area contributed by atoms with Crippen LogP contribution in [0, 0.1) is 0 Å². The third kappa shape index (κ3) is 6.83. The van der Waals surface area contributed by atoms with Crippen LogP contribution in [-0.4, -0.2) is 37.1 Å². The fourth-order valence-electron chi connectivity index (χ4n) is 2.39. The number of benzene rings is 2. The van der Waals surface area contributed by atoms with Crippen molar-refractivity contribution in [3.63, 3.8) is 0 Å². The van der Waals surface area contributed by atoms with Crippen molar-refractivity contribution in [3.8, 4) is 0 Å². The monoisotopic (exact) mass is 388 g/mol. The zero-order chi connectivity index (χ0) is 19.6. The van der Waals surface area contributed by atoms with E-state index in [9.17, 15) is 9.59 Å². The van der Waals surface area contributed by atoms with Crippen molar-refractivity contribution < 1.29 is 9.59 Å². The summed E-state index contributed by atoms with van der Waals surface area (Å²) in [5, 5.41) is 8.92. The Labute approximate surface area is 164 Å². The maximum atomic E-state index is 12.1. The van der Waals surface area contributed by atoms with Gasteiger partial charge < -0.3 is 20.9 Å². The highest BCUT2D eigenvalue weighted by atomic mass is 35.5. The summed E-state index contributed by atoms with van der Waals surface area (Å²) < 4.78 is 0. The summed E-state index contributed by atoms with van der Waals surface area (Å²) in [7, 11) is 1.67. The number of likely N-dealkylation sites (N-methyl/N-ethyl adjacent to an activating group) is 1. The van der Waals surface area contributed by atoms with Crippen molar-refractivity contribution in [3.05, 3.63) is 64.7 Å². The SMILES string of the molecule is CCc1ccc(NC(=O)NCCN(C)C(=O)NCc2ccccc2Cl)cc1. The van der Waals surface area contributed by atoms with Gasteiger partial charge in [0.25, 0.3) is 0 Å². The Kier molecular flexibility index (Phi) is 7.95. The molecule has 0 aliphatic heterocycles. The molecule has 4 amide bonds. The van der Waals surface area contributed by atoms with Gasteiger partial charge in [0.15, 0.2) is 0 Å². The first kappa shape index (κ1) is 20.6. The summed E-state index contributed by atoms with van der Waals surface area (Å²) in [4.78, 5) is 25.5. The number of rotatable bonds is 7. The van der Waals surface area contributed by atoms with Crippen molar-refractivity contribution in [1.29, 1.82) is 0 Å². The van der Waals surface area contributed by atoms with Gasteiger partial charge in [-0.05, 0) is 35.7 Å². The molecule has 6 nitrogen and oxygen atoms in total. The zero-order valence-corrected chi connectivity index (χ0v) is 16.3. The van der Waals surface area contributed by atoms with E-state index in [0.717, 1.165) is 17.7 Å². The third-order valence-electron chi connectivity index (χ3n) is 4.09. The molecule has 144 valence electrons. The number of carbonyl (C=O) groups excluding carboxylic acids is 2. The minimum Gasteiger partial charge on any atom is -0.336 e. The number of urea groups is 2. The van der Waals surface area contributed by atoms with Gasteiger partial charge in [-0.3, -0.25) is 0 Å². The van der Waals surface area contributed by atoms with Crippen LogP contribution in [0.4, 0.5) is 15.3 Å². The van der Waals surface area contributed by atoms with Gasteiger partial charge in [0.05, 0.1) is 0 Å². The van der Waals surface area contributed by atoms with Crippen molar-refractivity contribution in [2.75, 3.05) is 25.5 Å². The van der Waals surface area contributed by atoms with Crippen LogP contribution in [0.2, 0.25) is 5.02 Å². The molecule has 0 saturated heterocycles. The molecule has 0 aliphatic rings. The number of halogens is 1. The van der Waals surface area contributed by atoms with Crippen LogP contribution in [0.5, 0.6) is 0 Å². The van der Waals surface area contributed by atoms with Gasteiger partial charge in [0, 0.05) is 37.4 Å². The molecule has 0 aromatic heterocycles. The molecule has 2 aromatic rings. The van der Waals surface area contributed by atoms with E-state index in [1.165, 1.54) is 10.5 Å². The Bertz CT molecular complexity index is 765. The Morgan fingerprint density at radius 1 is 1.04 bits per heavy atom. The average Bonchev–Trinajstić information content (AvgIpc) is 2.67. The Morgan fingerprint density at radius 2 is 1.74 bits per heavy atom. The lowest BCUT2D eigenvalue weighted by molar-refractivity contribution is 0.208. The van der Waals surface area contributed by atoms with Crippen LogP contribution in [0.25, 0.3) is 0 Å². The van der Waals surface area contributed by atoms with Crippen molar-refractivity contribution in [1.82, 2.24) is 15.5 Å². The molecular weight excluding hydrogens is 364 g/mol. The van der Waals surface area contributed by atoms with Gasteiger partial charge in [0.2, 0.25) is 0 Å². The summed E-state index contributed by atoms with van der Waals surface area (Å²) in [5.74, 6) is 0. The lowest BCUT2D eigenvalue weighted by Crippen LogP contribution is -2.42. The Balaban J connectivity index is 1.68. The third-order valence-corrected chi connectivity index (χ3v) is 4.46. The molecular formula is C20H25ClN4O2. The summed E-state index contributed by atoms with van der Waals surface area (Å²) >= 11 is 6.07. The molecule has 0 radical (unpaired) electrons. The molecule has 2 aromatic carbocycles. The summed E-state index contributed by atoms with van der Waals surface area (Å²) in [5.41, 5.74) is 2.80. The zero-order valence-electron chi connectivity index (χ0n) is 15.6. The van der Waals surface area contributed by atoms with E-state index in [4.69, 9.17) is 11.6 Å². The summed E-state index contributed by atoms with van der Waals surface area (Å²) in [6, 6.07) is 14.5. The Morgan fingerprint density at radius 3 is 2.41 bits per heavy atom. The fraction of sp³-hybridized carbons (Fsp3) is 0.300. The van der Waals surface area contributed by atoms with Crippen molar-refractivity contribution in [2.24, 2.45) is 0 Å². The first-order valence-electron chi connectivity index (χ1n) is 8.85. The van der Waals surface area contributed by atoms with Crippen LogP contribution in [0.1, 0.15) is 18.1 Å². The molecule has 3 N–H and O–H groups in total. The number of nitrogens with zero attached hydrogens (tertiary/aromatic N) is 1. The van der Waals surface area contributed by atoms with Gasteiger partial charge in [-0.15, -0.1) is 0 Å². The van der Waals surface area contributed by atoms with Gasteiger partial charge in [-0.1, -0.05) is 48.9 Å². The van der Waals surface area contributed by atoms with E-state index in [-0.39, 0.29) is 12.1 Å². The van der Waals surface area contributed by atoms with Gasteiger partial charge in [-0.2, -0.15) is 0 Å². The molecule has 0 unspecified atom stereocenters. The second kappa shape index (κ2) is 10.4. The van der Waals surface area contributed by atoms with Gasteiger partial charge in [-0.25, -0.2) is 9.59 Å². The summed E-state index contributed by atoms with van der Waals surface area (Å²) in [6.07, 6.45) is 0.956. The minimum atomic E-state index is -0.302. The minimum absolute atomic E-state index is 0.229.